The number of anilines is 1. The number of hydrogen-bond donors (Lipinski definition) is 3. The SMILES string of the molecule is CCCNC(=O)CCN=C(NCC)NC1CCN(c2ccccc2OC(F)F)C1.I. The Morgan fingerprint density at radius 1 is 1.30 bits per heavy atom. The van der Waals surface area contributed by atoms with Crippen molar-refractivity contribution in [3.8, 4) is 5.75 Å². The van der Waals surface area contributed by atoms with Crippen LogP contribution in [0, 0.1) is 0 Å². The van der Waals surface area contributed by atoms with Crippen LogP contribution < -0.4 is 25.6 Å². The van der Waals surface area contributed by atoms with Crippen LogP contribution in [0.3, 0.4) is 0 Å². The van der Waals surface area contributed by atoms with E-state index in [-0.39, 0.29) is 41.7 Å². The van der Waals surface area contributed by atoms with Gasteiger partial charge in [0.05, 0.1) is 12.2 Å². The van der Waals surface area contributed by atoms with E-state index < -0.39 is 6.61 Å². The zero-order chi connectivity index (χ0) is 21.1. The standard InChI is InChI=1S/C20H31F2N5O2.HI/c1-3-11-24-18(28)9-12-25-20(23-4-2)26-15-10-13-27(14-15)16-7-5-6-8-17(16)29-19(21)22;/h5-8,15,19H,3-4,9-14H2,1-2H3,(H,24,28)(H2,23,25,26);1H. The monoisotopic (exact) mass is 539 g/mol. The quantitative estimate of drug-likeness (QED) is 0.242. The molecule has 0 aromatic heterocycles. The fourth-order valence-corrected chi connectivity index (χ4v) is 3.15. The Labute approximate surface area is 194 Å². The number of carbonyl (C=O) groups excluding carboxylic acids is 1. The van der Waals surface area contributed by atoms with Gasteiger partial charge in [0.15, 0.2) is 5.96 Å². The van der Waals surface area contributed by atoms with Gasteiger partial charge in [-0.25, -0.2) is 0 Å². The number of nitrogens with zero attached hydrogens (tertiary/aromatic N) is 2. The van der Waals surface area contributed by atoms with Crippen LogP contribution in [0.25, 0.3) is 0 Å². The summed E-state index contributed by atoms with van der Waals surface area (Å²) in [5.41, 5.74) is 0.659. The minimum Gasteiger partial charge on any atom is -0.433 e. The molecule has 7 nitrogen and oxygen atoms in total. The molecule has 1 amide bonds. The average molecular weight is 539 g/mol. The number of guanidine groups is 1. The van der Waals surface area contributed by atoms with Crippen molar-refractivity contribution in [1.29, 1.82) is 0 Å². The molecule has 1 aliphatic rings. The molecule has 1 aromatic rings. The smallest absolute Gasteiger partial charge is 0.387 e. The predicted octanol–water partition coefficient (Wildman–Crippen LogP) is 2.96. The van der Waals surface area contributed by atoms with E-state index in [0.717, 1.165) is 19.4 Å². The molecule has 1 atom stereocenters. The summed E-state index contributed by atoms with van der Waals surface area (Å²) in [6.07, 6.45) is 2.08. The third-order valence-electron chi connectivity index (χ3n) is 4.48. The molecule has 170 valence electrons. The van der Waals surface area contributed by atoms with Crippen molar-refractivity contribution in [3.63, 3.8) is 0 Å². The van der Waals surface area contributed by atoms with Gasteiger partial charge in [-0.1, -0.05) is 19.1 Å². The van der Waals surface area contributed by atoms with Crippen LogP contribution in [0.15, 0.2) is 29.3 Å². The molecule has 0 aliphatic carbocycles. The topological polar surface area (TPSA) is 78.0 Å². The van der Waals surface area contributed by atoms with Crippen molar-refractivity contribution in [2.75, 3.05) is 37.6 Å². The first-order valence-electron chi connectivity index (χ1n) is 10.1. The van der Waals surface area contributed by atoms with Crippen molar-refractivity contribution >= 4 is 41.5 Å². The number of nitrogens with one attached hydrogen (secondary N) is 3. The fraction of sp³-hybridized carbons (Fsp3) is 0.600. The number of hydrogen-bond acceptors (Lipinski definition) is 4. The summed E-state index contributed by atoms with van der Waals surface area (Å²) in [6.45, 7) is 4.27. The van der Waals surface area contributed by atoms with Gasteiger partial charge in [0, 0.05) is 38.6 Å². The summed E-state index contributed by atoms with van der Waals surface area (Å²) in [5, 5.41) is 9.39. The number of ether oxygens (including phenoxy) is 1. The maximum Gasteiger partial charge on any atom is 0.387 e. The Hall–Kier alpha value is -1.85. The molecule has 1 aromatic carbocycles. The molecule has 1 heterocycles. The molecule has 1 saturated heterocycles. The van der Waals surface area contributed by atoms with Crippen LogP contribution in [-0.2, 0) is 4.79 Å². The van der Waals surface area contributed by atoms with Gasteiger partial charge in [-0.2, -0.15) is 8.78 Å². The van der Waals surface area contributed by atoms with Gasteiger partial charge in [0.25, 0.3) is 0 Å². The highest BCUT2D eigenvalue weighted by Gasteiger charge is 2.26. The lowest BCUT2D eigenvalue weighted by Crippen LogP contribution is -2.44. The number of amides is 1. The largest absolute Gasteiger partial charge is 0.433 e. The second-order valence-electron chi connectivity index (χ2n) is 6.78. The second kappa shape index (κ2) is 14.2. The molecule has 2 rings (SSSR count). The zero-order valence-corrected chi connectivity index (χ0v) is 19.8. The lowest BCUT2D eigenvalue weighted by Gasteiger charge is -2.22. The number of halogens is 3. The zero-order valence-electron chi connectivity index (χ0n) is 17.5. The Kier molecular flexibility index (Phi) is 12.4. The molecule has 0 radical (unpaired) electrons. The summed E-state index contributed by atoms with van der Waals surface area (Å²) in [4.78, 5) is 18.2. The van der Waals surface area contributed by atoms with E-state index in [9.17, 15) is 13.6 Å². The maximum atomic E-state index is 12.7. The van der Waals surface area contributed by atoms with E-state index in [1.807, 2.05) is 24.8 Å². The van der Waals surface area contributed by atoms with Crippen molar-refractivity contribution in [2.45, 2.75) is 45.8 Å². The molecule has 30 heavy (non-hydrogen) atoms. The lowest BCUT2D eigenvalue weighted by molar-refractivity contribution is -0.120. The van der Waals surface area contributed by atoms with Crippen molar-refractivity contribution < 1.29 is 18.3 Å². The summed E-state index contributed by atoms with van der Waals surface area (Å²) in [7, 11) is 0. The molecule has 3 N–H and O–H groups in total. The molecule has 0 spiro atoms. The highest BCUT2D eigenvalue weighted by molar-refractivity contribution is 14.0. The Bertz CT molecular complexity index is 678. The molecule has 1 aliphatic heterocycles. The van der Waals surface area contributed by atoms with Crippen LogP contribution in [-0.4, -0.2) is 57.2 Å². The number of aliphatic imine (C=N–C) groups is 1. The third kappa shape index (κ3) is 8.88. The van der Waals surface area contributed by atoms with Gasteiger partial charge in [-0.15, -0.1) is 24.0 Å². The number of rotatable bonds is 10. The number of benzene rings is 1. The van der Waals surface area contributed by atoms with Gasteiger partial charge in [0.1, 0.15) is 5.75 Å². The Morgan fingerprint density at radius 3 is 2.77 bits per heavy atom. The molecule has 10 heteroatoms. The van der Waals surface area contributed by atoms with Crippen molar-refractivity contribution in [3.05, 3.63) is 24.3 Å². The molecule has 1 unspecified atom stereocenters. The number of alkyl halides is 2. The van der Waals surface area contributed by atoms with Gasteiger partial charge in [0.2, 0.25) is 5.91 Å². The number of para-hydroxylation sites is 2. The van der Waals surface area contributed by atoms with Crippen LogP contribution in [0.5, 0.6) is 5.75 Å². The van der Waals surface area contributed by atoms with Crippen molar-refractivity contribution in [1.82, 2.24) is 16.0 Å². The van der Waals surface area contributed by atoms with E-state index in [4.69, 9.17) is 0 Å². The highest BCUT2D eigenvalue weighted by Crippen LogP contribution is 2.31. The van der Waals surface area contributed by atoms with Crippen LogP contribution >= 0.6 is 24.0 Å². The summed E-state index contributed by atoms with van der Waals surface area (Å²) >= 11 is 0. The van der Waals surface area contributed by atoms with E-state index >= 15 is 0 Å². The van der Waals surface area contributed by atoms with Gasteiger partial charge in [-0.3, -0.25) is 9.79 Å². The van der Waals surface area contributed by atoms with Gasteiger partial charge >= 0.3 is 6.61 Å². The van der Waals surface area contributed by atoms with Crippen LogP contribution in [0.2, 0.25) is 0 Å². The minimum atomic E-state index is -2.85. The first-order chi connectivity index (χ1) is 14.0. The first-order valence-corrected chi connectivity index (χ1v) is 10.1. The second-order valence-corrected chi connectivity index (χ2v) is 6.78. The molecule has 1 fully saturated rings. The predicted molar refractivity (Wildman–Crippen MR) is 126 cm³/mol. The highest BCUT2D eigenvalue weighted by atomic mass is 127. The normalized spacial score (nSPS) is 16.2. The lowest BCUT2D eigenvalue weighted by atomic mass is 10.2. The number of carbonyl (C=O) groups is 1. The molecule has 0 saturated carbocycles. The van der Waals surface area contributed by atoms with Gasteiger partial charge < -0.3 is 25.6 Å². The average Bonchev–Trinajstić information content (AvgIpc) is 3.14. The third-order valence-corrected chi connectivity index (χ3v) is 4.48. The summed E-state index contributed by atoms with van der Waals surface area (Å²) in [6, 6.07) is 6.94. The maximum absolute atomic E-state index is 12.7. The summed E-state index contributed by atoms with van der Waals surface area (Å²) < 4.78 is 30.0. The molecular formula is C20H32F2IN5O2. The first kappa shape index (κ1) is 26.2. The van der Waals surface area contributed by atoms with Gasteiger partial charge in [-0.05, 0) is 31.9 Å². The Balaban J connectivity index is 0.00000450. The molecular weight excluding hydrogens is 507 g/mol. The van der Waals surface area contributed by atoms with Crippen molar-refractivity contribution in [2.24, 2.45) is 4.99 Å². The van der Waals surface area contributed by atoms with E-state index in [2.05, 4.69) is 25.7 Å². The molecule has 0 bridgehead atoms. The van der Waals surface area contributed by atoms with E-state index in [1.54, 1.807) is 18.2 Å². The summed E-state index contributed by atoms with van der Waals surface area (Å²) in [5.74, 6) is 0.829. The van der Waals surface area contributed by atoms with E-state index in [0.29, 0.717) is 44.2 Å². The minimum absolute atomic E-state index is 0. The Morgan fingerprint density at radius 2 is 2.07 bits per heavy atom. The van der Waals surface area contributed by atoms with E-state index in [1.165, 1.54) is 0 Å². The fourth-order valence-electron chi connectivity index (χ4n) is 3.15. The van der Waals surface area contributed by atoms with Crippen LogP contribution in [0.1, 0.15) is 33.1 Å². The van der Waals surface area contributed by atoms with Crippen LogP contribution in [0.4, 0.5) is 14.5 Å².